The fourth-order valence-electron chi connectivity index (χ4n) is 1.29. The molecular formula is C10H11N2O4S+. The highest BCUT2D eigenvalue weighted by molar-refractivity contribution is 7.17. The molecule has 0 amide bonds. The van der Waals surface area contributed by atoms with Crippen molar-refractivity contribution in [3.05, 3.63) is 16.0 Å². The molecule has 0 fully saturated rings. The van der Waals surface area contributed by atoms with Gasteiger partial charge >= 0.3 is 11.9 Å². The molecule has 7 heteroatoms. The Morgan fingerprint density at radius 3 is 2.53 bits per heavy atom. The Labute approximate surface area is 102 Å². The predicted molar refractivity (Wildman–Crippen MR) is 58.6 cm³/mol. The van der Waals surface area contributed by atoms with E-state index in [0.29, 0.717) is 10.6 Å². The zero-order chi connectivity index (χ0) is 13.0. The minimum atomic E-state index is -0.583. The number of carbonyl (C=O) groups is 2. The molecule has 17 heavy (non-hydrogen) atoms. The Kier molecular flexibility index (Phi) is 4.20. The lowest BCUT2D eigenvalue weighted by Crippen LogP contribution is -2.39. The van der Waals surface area contributed by atoms with E-state index < -0.39 is 11.9 Å². The average molecular weight is 255 g/mol. The number of hydrogen-bond acceptors (Lipinski definition) is 6. The second-order valence-electron chi connectivity index (χ2n) is 3.06. The smallest absolute Gasteiger partial charge is 0.348 e. The molecule has 90 valence electrons. The van der Waals surface area contributed by atoms with Crippen LogP contribution in [-0.2, 0) is 20.7 Å². The largest absolute Gasteiger partial charge is 0.469 e. The number of methoxy groups -OCH3 is 2. The zero-order valence-corrected chi connectivity index (χ0v) is 10.2. The summed E-state index contributed by atoms with van der Waals surface area (Å²) < 4.78 is 9.10. The van der Waals surface area contributed by atoms with Crippen molar-refractivity contribution in [1.29, 1.82) is 5.26 Å². The summed E-state index contributed by atoms with van der Waals surface area (Å²) in [5, 5.41) is 9.40. The van der Waals surface area contributed by atoms with Gasteiger partial charge in [0.15, 0.2) is 0 Å². The number of thiophene rings is 1. The Hall–Kier alpha value is -1.91. The summed E-state index contributed by atoms with van der Waals surface area (Å²) in [6.45, 7) is 0. The van der Waals surface area contributed by atoms with Gasteiger partial charge in [-0.1, -0.05) is 11.3 Å². The summed E-state index contributed by atoms with van der Waals surface area (Å²) in [5.74, 6) is -1.11. The van der Waals surface area contributed by atoms with Crippen LogP contribution in [0.1, 0.15) is 20.8 Å². The third-order valence-corrected chi connectivity index (χ3v) is 3.18. The molecule has 0 aliphatic heterocycles. The van der Waals surface area contributed by atoms with Gasteiger partial charge in [-0.2, -0.15) is 5.26 Å². The van der Waals surface area contributed by atoms with Gasteiger partial charge in [0, 0.05) is 5.56 Å². The van der Waals surface area contributed by atoms with Crippen molar-refractivity contribution >= 4 is 28.3 Å². The fourth-order valence-corrected chi connectivity index (χ4v) is 2.27. The van der Waals surface area contributed by atoms with E-state index in [1.54, 1.807) is 0 Å². The number of rotatable bonds is 3. The molecular weight excluding hydrogens is 244 g/mol. The molecule has 1 heterocycles. The van der Waals surface area contributed by atoms with Crippen molar-refractivity contribution in [2.75, 3.05) is 14.2 Å². The highest BCUT2D eigenvalue weighted by atomic mass is 32.1. The van der Waals surface area contributed by atoms with Gasteiger partial charge in [0.25, 0.3) is 0 Å². The topological polar surface area (TPSA) is 104 Å². The van der Waals surface area contributed by atoms with E-state index in [2.05, 4.69) is 15.2 Å². The minimum Gasteiger partial charge on any atom is -0.469 e. The van der Waals surface area contributed by atoms with Crippen LogP contribution in [0.3, 0.4) is 0 Å². The molecule has 0 saturated carbocycles. The SMILES string of the molecule is COC(=O)Cc1c(C(=O)OC)sc([NH3+])c1C#N. The third-order valence-electron chi connectivity index (χ3n) is 2.11. The van der Waals surface area contributed by atoms with Gasteiger partial charge in [-0.05, 0) is 0 Å². The Morgan fingerprint density at radius 1 is 1.41 bits per heavy atom. The van der Waals surface area contributed by atoms with Crippen LogP contribution in [0.5, 0.6) is 0 Å². The van der Waals surface area contributed by atoms with Crippen LogP contribution >= 0.6 is 11.3 Å². The van der Waals surface area contributed by atoms with Crippen molar-refractivity contribution < 1.29 is 24.8 Å². The van der Waals surface area contributed by atoms with Crippen molar-refractivity contribution in [3.63, 3.8) is 0 Å². The van der Waals surface area contributed by atoms with Crippen LogP contribution in [0.15, 0.2) is 0 Å². The molecule has 0 spiro atoms. The third kappa shape index (κ3) is 2.61. The average Bonchev–Trinajstić information content (AvgIpc) is 2.64. The molecule has 1 aromatic rings. The first-order chi connectivity index (χ1) is 8.04. The summed E-state index contributed by atoms with van der Waals surface area (Å²) in [7, 11) is 2.47. The molecule has 3 N–H and O–H groups in total. The number of quaternary nitrogens is 1. The number of nitrogens with zero attached hydrogens (tertiary/aromatic N) is 1. The molecule has 1 aromatic heterocycles. The van der Waals surface area contributed by atoms with Gasteiger partial charge in [0.2, 0.25) is 5.00 Å². The maximum Gasteiger partial charge on any atom is 0.348 e. The molecule has 0 aliphatic rings. The Balaban J connectivity index is 3.27. The van der Waals surface area contributed by atoms with E-state index in [1.165, 1.54) is 14.2 Å². The molecule has 0 saturated heterocycles. The Bertz CT molecular complexity index is 501. The lowest BCUT2D eigenvalue weighted by molar-refractivity contribution is -0.249. The second-order valence-corrected chi connectivity index (χ2v) is 4.17. The minimum absolute atomic E-state index is 0.143. The van der Waals surface area contributed by atoms with E-state index in [1.807, 2.05) is 6.07 Å². The second kappa shape index (κ2) is 5.43. The summed E-state index contributed by atoms with van der Waals surface area (Å²) in [6.07, 6.45) is -0.143. The predicted octanol–water partition coefficient (Wildman–Crippen LogP) is -0.00472. The Morgan fingerprint density at radius 2 is 2.06 bits per heavy atom. The molecule has 0 aliphatic carbocycles. The van der Waals surface area contributed by atoms with Crippen LogP contribution in [0.2, 0.25) is 0 Å². The maximum atomic E-state index is 11.5. The standard InChI is InChI=1S/C10H10N2O4S/c1-15-7(13)3-5-6(4-11)9(12)17-8(5)10(14)16-2/h3,12H2,1-2H3/p+1. The first kappa shape index (κ1) is 13.2. The number of esters is 2. The first-order valence-corrected chi connectivity index (χ1v) is 5.39. The molecule has 6 nitrogen and oxygen atoms in total. The van der Waals surface area contributed by atoms with Crippen molar-refractivity contribution in [2.45, 2.75) is 6.42 Å². The van der Waals surface area contributed by atoms with E-state index in [4.69, 9.17) is 5.26 Å². The van der Waals surface area contributed by atoms with E-state index in [9.17, 15) is 9.59 Å². The highest BCUT2D eigenvalue weighted by Gasteiger charge is 2.26. The van der Waals surface area contributed by atoms with Gasteiger partial charge in [0.1, 0.15) is 16.5 Å². The van der Waals surface area contributed by atoms with Crippen LogP contribution in [0, 0.1) is 11.3 Å². The van der Waals surface area contributed by atoms with Crippen LogP contribution in [-0.4, -0.2) is 26.2 Å². The van der Waals surface area contributed by atoms with E-state index >= 15 is 0 Å². The van der Waals surface area contributed by atoms with Crippen LogP contribution < -0.4 is 5.73 Å². The van der Waals surface area contributed by atoms with Gasteiger partial charge in [-0.25, -0.2) is 4.79 Å². The summed E-state index contributed by atoms with van der Waals surface area (Å²) in [5.41, 5.74) is 4.22. The van der Waals surface area contributed by atoms with Crippen molar-refractivity contribution in [2.24, 2.45) is 0 Å². The normalized spacial score (nSPS) is 9.53. The molecule has 0 radical (unpaired) electrons. The fraction of sp³-hybridized carbons (Fsp3) is 0.300. The van der Waals surface area contributed by atoms with Crippen LogP contribution in [0.4, 0.5) is 5.00 Å². The quantitative estimate of drug-likeness (QED) is 0.765. The van der Waals surface area contributed by atoms with Crippen molar-refractivity contribution in [3.8, 4) is 6.07 Å². The lowest BCUT2D eigenvalue weighted by Gasteiger charge is -2.01. The summed E-state index contributed by atoms with van der Waals surface area (Å²) in [6, 6.07) is 1.93. The van der Waals surface area contributed by atoms with Gasteiger partial charge < -0.3 is 15.2 Å². The molecule has 0 unspecified atom stereocenters. The molecule has 0 bridgehead atoms. The lowest BCUT2D eigenvalue weighted by atomic mass is 10.1. The zero-order valence-electron chi connectivity index (χ0n) is 9.40. The number of ether oxygens (including phenoxy) is 2. The van der Waals surface area contributed by atoms with Gasteiger partial charge in [-0.15, -0.1) is 0 Å². The maximum absolute atomic E-state index is 11.5. The monoisotopic (exact) mass is 255 g/mol. The van der Waals surface area contributed by atoms with E-state index in [-0.39, 0.29) is 16.9 Å². The number of nitriles is 1. The highest BCUT2D eigenvalue weighted by Crippen LogP contribution is 2.30. The number of carbonyl (C=O) groups excluding carboxylic acids is 2. The molecule has 1 rings (SSSR count). The van der Waals surface area contributed by atoms with Crippen LogP contribution in [0.25, 0.3) is 0 Å². The molecule has 0 aromatic carbocycles. The van der Waals surface area contributed by atoms with E-state index in [0.717, 1.165) is 11.3 Å². The first-order valence-electron chi connectivity index (χ1n) is 4.58. The number of hydrogen-bond donors (Lipinski definition) is 1. The summed E-state index contributed by atoms with van der Waals surface area (Å²) in [4.78, 5) is 22.9. The summed E-state index contributed by atoms with van der Waals surface area (Å²) >= 11 is 1.03. The van der Waals surface area contributed by atoms with Crippen molar-refractivity contribution in [1.82, 2.24) is 0 Å². The van der Waals surface area contributed by atoms with Gasteiger partial charge in [0.05, 0.1) is 20.6 Å². The van der Waals surface area contributed by atoms with Gasteiger partial charge in [-0.3, -0.25) is 4.79 Å². The molecule has 0 atom stereocenters.